The van der Waals surface area contributed by atoms with Crippen LogP contribution in [0.3, 0.4) is 0 Å². The van der Waals surface area contributed by atoms with Gasteiger partial charge in [-0.2, -0.15) is 0 Å². The molecule has 98 valence electrons. The Morgan fingerprint density at radius 3 is 2.56 bits per heavy atom. The van der Waals surface area contributed by atoms with Gasteiger partial charge in [-0.05, 0) is 65.7 Å². The fraction of sp³-hybridized carbons (Fsp3) is 0.500. The van der Waals surface area contributed by atoms with Crippen molar-refractivity contribution in [2.24, 2.45) is 5.92 Å². The van der Waals surface area contributed by atoms with E-state index in [-0.39, 0.29) is 11.7 Å². The molecule has 0 bridgehead atoms. The van der Waals surface area contributed by atoms with Gasteiger partial charge in [0, 0.05) is 4.47 Å². The first-order valence-corrected chi connectivity index (χ1v) is 7.05. The van der Waals surface area contributed by atoms with Gasteiger partial charge in [-0.25, -0.2) is 4.79 Å². The zero-order chi connectivity index (χ0) is 13.1. The number of halogens is 1. The van der Waals surface area contributed by atoms with Crippen LogP contribution >= 0.6 is 15.9 Å². The molecule has 0 amide bonds. The van der Waals surface area contributed by atoms with Crippen LogP contribution in [0, 0.1) is 5.92 Å². The van der Waals surface area contributed by atoms with E-state index in [4.69, 9.17) is 9.84 Å². The van der Waals surface area contributed by atoms with Gasteiger partial charge in [-0.3, -0.25) is 0 Å². The largest absolute Gasteiger partial charge is 0.490 e. The number of hydrogen-bond acceptors (Lipinski definition) is 2. The van der Waals surface area contributed by atoms with Crippen LogP contribution in [0.1, 0.15) is 43.0 Å². The molecule has 1 saturated carbocycles. The van der Waals surface area contributed by atoms with Crippen molar-refractivity contribution in [3.63, 3.8) is 0 Å². The molecule has 1 aromatic rings. The van der Waals surface area contributed by atoms with Gasteiger partial charge in [0.2, 0.25) is 0 Å². The fourth-order valence-electron chi connectivity index (χ4n) is 2.28. The Morgan fingerprint density at radius 2 is 2.00 bits per heavy atom. The van der Waals surface area contributed by atoms with Gasteiger partial charge < -0.3 is 9.84 Å². The molecule has 0 aromatic heterocycles. The first kappa shape index (κ1) is 13.4. The van der Waals surface area contributed by atoms with Crippen LogP contribution < -0.4 is 4.74 Å². The molecule has 1 aliphatic rings. The van der Waals surface area contributed by atoms with Gasteiger partial charge in [0.25, 0.3) is 0 Å². The molecule has 0 heterocycles. The highest BCUT2D eigenvalue weighted by atomic mass is 79.9. The van der Waals surface area contributed by atoms with E-state index in [1.807, 2.05) is 0 Å². The Kier molecular flexibility index (Phi) is 4.27. The summed E-state index contributed by atoms with van der Waals surface area (Å²) in [4.78, 5) is 10.9. The molecular formula is C14H17BrO3. The minimum absolute atomic E-state index is 0.264. The summed E-state index contributed by atoms with van der Waals surface area (Å²) in [5, 5.41) is 8.94. The number of rotatable bonds is 3. The molecule has 1 aromatic carbocycles. The minimum Gasteiger partial charge on any atom is -0.490 e. The minimum atomic E-state index is -0.931. The van der Waals surface area contributed by atoms with Crippen LogP contribution in [0.4, 0.5) is 0 Å². The summed E-state index contributed by atoms with van der Waals surface area (Å²) >= 11 is 3.26. The lowest BCUT2D eigenvalue weighted by Crippen LogP contribution is -2.23. The third kappa shape index (κ3) is 3.25. The number of aromatic carboxylic acids is 1. The zero-order valence-electron chi connectivity index (χ0n) is 10.4. The maximum atomic E-state index is 10.9. The van der Waals surface area contributed by atoms with Crippen molar-refractivity contribution >= 4 is 21.9 Å². The highest BCUT2D eigenvalue weighted by Gasteiger charge is 2.20. The van der Waals surface area contributed by atoms with E-state index in [9.17, 15) is 4.79 Å². The van der Waals surface area contributed by atoms with E-state index in [1.54, 1.807) is 18.2 Å². The van der Waals surface area contributed by atoms with Crippen molar-refractivity contribution in [1.29, 1.82) is 0 Å². The first-order valence-electron chi connectivity index (χ1n) is 6.25. The maximum Gasteiger partial charge on any atom is 0.336 e. The number of hydrogen-bond donors (Lipinski definition) is 1. The number of benzene rings is 1. The van der Waals surface area contributed by atoms with Crippen molar-refractivity contribution in [2.75, 3.05) is 0 Å². The SMILES string of the molecule is CC1CCC(Oc2ccc(C(=O)O)c(Br)c2)CC1. The van der Waals surface area contributed by atoms with Gasteiger partial charge in [-0.15, -0.1) is 0 Å². The van der Waals surface area contributed by atoms with Crippen molar-refractivity contribution < 1.29 is 14.6 Å². The molecule has 1 fully saturated rings. The van der Waals surface area contributed by atoms with Crippen molar-refractivity contribution in [3.05, 3.63) is 28.2 Å². The summed E-state index contributed by atoms with van der Waals surface area (Å²) in [6.45, 7) is 2.27. The van der Waals surface area contributed by atoms with Gasteiger partial charge in [0.1, 0.15) is 5.75 Å². The Hall–Kier alpha value is -1.03. The molecule has 2 rings (SSSR count). The Morgan fingerprint density at radius 1 is 1.33 bits per heavy atom. The van der Waals surface area contributed by atoms with E-state index >= 15 is 0 Å². The lowest BCUT2D eigenvalue weighted by molar-refractivity contribution is 0.0695. The molecule has 0 saturated heterocycles. The predicted octanol–water partition coefficient (Wildman–Crippen LogP) is 4.10. The summed E-state index contributed by atoms with van der Waals surface area (Å²) in [5.41, 5.74) is 0.264. The molecule has 18 heavy (non-hydrogen) atoms. The van der Waals surface area contributed by atoms with Crippen LogP contribution in [0.2, 0.25) is 0 Å². The predicted molar refractivity (Wildman–Crippen MR) is 73.1 cm³/mol. The van der Waals surface area contributed by atoms with Gasteiger partial charge in [-0.1, -0.05) is 6.92 Å². The molecule has 4 heteroatoms. The summed E-state index contributed by atoms with van der Waals surface area (Å²) in [6.07, 6.45) is 4.85. The molecule has 0 atom stereocenters. The zero-order valence-corrected chi connectivity index (χ0v) is 11.9. The molecule has 1 aliphatic carbocycles. The first-order chi connectivity index (χ1) is 8.56. The molecule has 0 spiro atoms. The summed E-state index contributed by atoms with van der Waals surface area (Å²) in [7, 11) is 0. The Bertz CT molecular complexity index is 437. The number of ether oxygens (including phenoxy) is 1. The average Bonchev–Trinajstić information content (AvgIpc) is 2.32. The van der Waals surface area contributed by atoms with E-state index in [0.29, 0.717) is 4.47 Å². The van der Waals surface area contributed by atoms with E-state index < -0.39 is 5.97 Å². The summed E-state index contributed by atoms with van der Waals surface area (Å²) in [6, 6.07) is 5.04. The fourth-order valence-corrected chi connectivity index (χ4v) is 2.81. The molecule has 3 nitrogen and oxygen atoms in total. The normalized spacial score (nSPS) is 23.7. The van der Waals surface area contributed by atoms with Crippen molar-refractivity contribution in [3.8, 4) is 5.75 Å². The third-order valence-electron chi connectivity index (χ3n) is 3.44. The number of carbonyl (C=O) groups is 1. The van der Waals surface area contributed by atoms with Crippen LogP contribution in [0.25, 0.3) is 0 Å². The third-order valence-corrected chi connectivity index (χ3v) is 4.09. The van der Waals surface area contributed by atoms with Crippen molar-refractivity contribution in [1.82, 2.24) is 0 Å². The smallest absolute Gasteiger partial charge is 0.336 e. The van der Waals surface area contributed by atoms with Crippen LogP contribution in [-0.2, 0) is 0 Å². The van der Waals surface area contributed by atoms with Crippen LogP contribution in [0.15, 0.2) is 22.7 Å². The van der Waals surface area contributed by atoms with Crippen LogP contribution in [0.5, 0.6) is 5.75 Å². The van der Waals surface area contributed by atoms with E-state index in [2.05, 4.69) is 22.9 Å². The molecule has 0 radical (unpaired) electrons. The lowest BCUT2D eigenvalue weighted by atomic mass is 9.89. The second-order valence-electron chi connectivity index (χ2n) is 4.95. The van der Waals surface area contributed by atoms with Gasteiger partial charge >= 0.3 is 5.97 Å². The number of carboxylic acid groups (broad SMARTS) is 1. The summed E-state index contributed by atoms with van der Waals surface area (Å²) < 4.78 is 6.46. The maximum absolute atomic E-state index is 10.9. The molecular weight excluding hydrogens is 296 g/mol. The Labute approximate surface area is 115 Å². The van der Waals surface area contributed by atoms with Gasteiger partial charge in [0.05, 0.1) is 11.7 Å². The van der Waals surface area contributed by atoms with Gasteiger partial charge in [0.15, 0.2) is 0 Å². The monoisotopic (exact) mass is 312 g/mol. The number of carboxylic acids is 1. The molecule has 0 unspecified atom stereocenters. The van der Waals surface area contributed by atoms with Crippen molar-refractivity contribution in [2.45, 2.75) is 38.7 Å². The second-order valence-corrected chi connectivity index (χ2v) is 5.80. The van der Waals surface area contributed by atoms with E-state index in [1.165, 1.54) is 12.8 Å². The highest BCUT2D eigenvalue weighted by molar-refractivity contribution is 9.10. The highest BCUT2D eigenvalue weighted by Crippen LogP contribution is 2.29. The van der Waals surface area contributed by atoms with E-state index in [0.717, 1.165) is 24.5 Å². The standard InChI is InChI=1S/C14H17BrO3/c1-9-2-4-10(5-3-9)18-11-6-7-12(14(16)17)13(15)8-11/h6-10H,2-5H2,1H3,(H,16,17). The Balaban J connectivity index is 2.02. The molecule has 1 N–H and O–H groups in total. The lowest BCUT2D eigenvalue weighted by Gasteiger charge is -2.27. The molecule has 0 aliphatic heterocycles. The second kappa shape index (κ2) is 5.74. The topological polar surface area (TPSA) is 46.5 Å². The summed E-state index contributed by atoms with van der Waals surface area (Å²) in [5.74, 6) is 0.609. The quantitative estimate of drug-likeness (QED) is 0.913. The average molecular weight is 313 g/mol. The van der Waals surface area contributed by atoms with Crippen LogP contribution in [-0.4, -0.2) is 17.2 Å².